The first kappa shape index (κ1) is 31.9. The molecule has 6 aliphatic carbocycles. The van der Waals surface area contributed by atoms with Crippen LogP contribution >= 0.6 is 0 Å². The molecule has 10 rings (SSSR count). The molecule has 2 aliphatic heterocycles. The van der Waals surface area contributed by atoms with E-state index in [1.54, 1.807) is 0 Å². The topological polar surface area (TPSA) is 78.1 Å². The van der Waals surface area contributed by atoms with Crippen LogP contribution in [0.25, 0.3) is 0 Å². The minimum absolute atomic E-state index is 0.254. The number of carbonyl (C=O) groups is 1. The summed E-state index contributed by atoms with van der Waals surface area (Å²) >= 11 is 0. The fraction of sp³-hybridized carbons (Fsp3) is 0.698. The van der Waals surface area contributed by atoms with Crippen molar-refractivity contribution in [2.75, 3.05) is 13.1 Å². The first-order valence-electron chi connectivity index (χ1n) is 20.5. The van der Waals surface area contributed by atoms with E-state index in [0.717, 1.165) is 63.1 Å². The van der Waals surface area contributed by atoms with E-state index in [9.17, 15) is 4.79 Å². The molecule has 2 aromatic rings. The number of rotatable bonds is 10. The fourth-order valence-corrected chi connectivity index (χ4v) is 12.0. The lowest BCUT2D eigenvalue weighted by molar-refractivity contribution is -0.115. The van der Waals surface area contributed by atoms with Crippen molar-refractivity contribution in [3.05, 3.63) is 58.7 Å². The van der Waals surface area contributed by atoms with Gasteiger partial charge in [-0.1, -0.05) is 37.8 Å². The van der Waals surface area contributed by atoms with E-state index in [4.69, 9.17) is 18.9 Å². The molecule has 50 heavy (non-hydrogen) atoms. The van der Waals surface area contributed by atoms with Crippen LogP contribution in [0.3, 0.4) is 0 Å². The molecular formula is C43H56N2O5. The number of carbonyl (C=O) groups excluding carboxylic acids is 1. The molecule has 0 aromatic heterocycles. The first-order chi connectivity index (χ1) is 24.5. The van der Waals surface area contributed by atoms with Crippen LogP contribution in [0.15, 0.2) is 36.4 Å². The highest BCUT2D eigenvalue weighted by Gasteiger charge is 2.53. The normalized spacial score (nSPS) is 34.9. The van der Waals surface area contributed by atoms with Crippen molar-refractivity contribution in [2.24, 2.45) is 23.7 Å². The lowest BCUT2D eigenvalue weighted by Gasteiger charge is -2.56. The molecule has 7 nitrogen and oxygen atoms in total. The van der Waals surface area contributed by atoms with Gasteiger partial charge in [0.05, 0.1) is 0 Å². The number of benzene rings is 2. The summed E-state index contributed by atoms with van der Waals surface area (Å²) in [4.78, 5) is 13.6. The third-order valence-electron chi connectivity index (χ3n) is 14.7. The van der Waals surface area contributed by atoms with Crippen LogP contribution in [-0.2, 0) is 33.1 Å². The van der Waals surface area contributed by atoms with Crippen LogP contribution in [0.5, 0.6) is 11.5 Å². The van der Waals surface area contributed by atoms with E-state index in [1.807, 2.05) is 0 Å². The molecule has 0 spiro atoms. The zero-order valence-electron chi connectivity index (χ0n) is 29.8. The van der Waals surface area contributed by atoms with Gasteiger partial charge in [0.2, 0.25) is 12.6 Å². The van der Waals surface area contributed by atoms with Gasteiger partial charge in [0.15, 0.2) is 0 Å². The average Bonchev–Trinajstić information content (AvgIpc) is 4.07. The Bertz CT molecular complexity index is 1480. The molecule has 2 saturated heterocycles. The van der Waals surface area contributed by atoms with E-state index in [1.165, 1.54) is 86.5 Å². The van der Waals surface area contributed by atoms with Gasteiger partial charge in [-0.05, 0) is 160 Å². The Labute approximate surface area is 297 Å². The number of nitrogens with one attached hydrogen (secondary N) is 2. The highest BCUT2D eigenvalue weighted by Crippen LogP contribution is 2.56. The summed E-state index contributed by atoms with van der Waals surface area (Å²) in [5.74, 6) is 4.11. The number of piperidine rings is 2. The predicted molar refractivity (Wildman–Crippen MR) is 191 cm³/mol. The van der Waals surface area contributed by atoms with E-state index in [2.05, 4.69) is 47.0 Å². The summed E-state index contributed by atoms with van der Waals surface area (Å²) < 4.78 is 25.2. The molecule has 7 heteroatoms. The van der Waals surface area contributed by atoms with Crippen LogP contribution in [0, 0.1) is 23.7 Å². The monoisotopic (exact) mass is 680 g/mol. The predicted octanol–water partition coefficient (Wildman–Crippen LogP) is 8.24. The molecule has 2 N–H and O–H groups in total. The summed E-state index contributed by atoms with van der Waals surface area (Å²) in [7, 11) is 0. The molecule has 2 aromatic carbocycles. The van der Waals surface area contributed by atoms with Crippen molar-refractivity contribution < 1.29 is 23.7 Å². The number of hydrogen-bond donors (Lipinski definition) is 2. The fourth-order valence-electron chi connectivity index (χ4n) is 12.0. The molecule has 268 valence electrons. The Kier molecular flexibility index (Phi) is 8.12. The maximum atomic E-state index is 13.6. The van der Waals surface area contributed by atoms with Crippen molar-refractivity contribution >= 4 is 6.16 Å². The number of fused-ring (bicyclic) bond motifs is 2. The molecule has 2 unspecified atom stereocenters. The molecule has 8 atom stereocenters. The molecule has 2 heterocycles. The highest BCUT2D eigenvalue weighted by molar-refractivity contribution is 5.60. The Hall–Kier alpha value is -2.77. The van der Waals surface area contributed by atoms with Gasteiger partial charge in [-0.25, -0.2) is 4.79 Å². The van der Waals surface area contributed by atoms with E-state index < -0.39 is 18.7 Å². The first-order valence-corrected chi connectivity index (χ1v) is 20.5. The molecular weight excluding hydrogens is 624 g/mol. The minimum atomic E-state index is -0.684. The quantitative estimate of drug-likeness (QED) is 0.193. The lowest BCUT2D eigenvalue weighted by atomic mass is 9.53. The lowest BCUT2D eigenvalue weighted by Crippen LogP contribution is -2.59. The third kappa shape index (κ3) is 5.83. The van der Waals surface area contributed by atoms with Gasteiger partial charge < -0.3 is 29.6 Å². The Balaban J connectivity index is 0.853. The standard InChI is InChI=1S/C43H56N2O5/c46-41(49-39(21-27-7-8-27)47-31-13-11-29-23-37-33-5-1-3-15-42(33,17-19-44-37)35(29)25-31)50-40(22-28-9-10-28)48-32-14-12-30-24-38-34-6-2-4-16-43(34,18-20-45-38)36(30)26-32/h11-14,25-28,33-34,37-40,44-45H,1-10,15-24H2/t33-,34-,37+,38+,39?,40?,42+,43+/m0/s1. The van der Waals surface area contributed by atoms with Crippen LogP contribution in [0.1, 0.15) is 125 Å². The second-order valence-electron chi connectivity index (χ2n) is 17.6. The van der Waals surface area contributed by atoms with Gasteiger partial charge in [0.25, 0.3) is 0 Å². The van der Waals surface area contributed by atoms with Gasteiger partial charge >= 0.3 is 6.16 Å². The zero-order chi connectivity index (χ0) is 33.3. The van der Waals surface area contributed by atoms with E-state index in [0.29, 0.717) is 48.6 Å². The van der Waals surface area contributed by atoms with Crippen molar-refractivity contribution in [1.29, 1.82) is 0 Å². The molecule has 6 fully saturated rings. The average molecular weight is 681 g/mol. The summed E-state index contributed by atoms with van der Waals surface area (Å²) in [5, 5.41) is 7.69. The molecule has 0 amide bonds. The van der Waals surface area contributed by atoms with Crippen molar-refractivity contribution in [3.63, 3.8) is 0 Å². The summed E-state index contributed by atoms with van der Waals surface area (Å²) in [5.41, 5.74) is 6.42. The van der Waals surface area contributed by atoms with Crippen molar-refractivity contribution in [1.82, 2.24) is 10.6 Å². The van der Waals surface area contributed by atoms with Crippen LogP contribution in [-0.4, -0.2) is 43.9 Å². The van der Waals surface area contributed by atoms with Gasteiger partial charge in [-0.2, -0.15) is 0 Å². The molecule has 0 radical (unpaired) electrons. The smallest absolute Gasteiger partial charge is 0.455 e. The van der Waals surface area contributed by atoms with Gasteiger partial charge in [0, 0.05) is 35.8 Å². The second-order valence-corrected chi connectivity index (χ2v) is 17.6. The third-order valence-corrected chi connectivity index (χ3v) is 14.7. The van der Waals surface area contributed by atoms with E-state index in [-0.39, 0.29) is 10.8 Å². The van der Waals surface area contributed by atoms with Crippen molar-refractivity contribution in [2.45, 2.75) is 151 Å². The van der Waals surface area contributed by atoms with Crippen LogP contribution in [0.2, 0.25) is 0 Å². The van der Waals surface area contributed by atoms with Gasteiger partial charge in [0.1, 0.15) is 11.5 Å². The summed E-state index contributed by atoms with van der Waals surface area (Å²) in [6, 6.07) is 14.5. The molecule has 8 aliphatic rings. The van der Waals surface area contributed by atoms with Crippen LogP contribution < -0.4 is 20.1 Å². The van der Waals surface area contributed by atoms with E-state index >= 15 is 0 Å². The highest BCUT2D eigenvalue weighted by atomic mass is 16.8. The Morgan fingerprint density at radius 1 is 0.640 bits per heavy atom. The largest absolute Gasteiger partial charge is 0.514 e. The Morgan fingerprint density at radius 2 is 1.12 bits per heavy atom. The Morgan fingerprint density at radius 3 is 1.58 bits per heavy atom. The molecule has 4 bridgehead atoms. The summed E-state index contributed by atoms with van der Waals surface area (Å²) in [6.45, 7) is 2.19. The number of ether oxygens (including phenoxy) is 4. The molecule has 4 saturated carbocycles. The van der Waals surface area contributed by atoms with Gasteiger partial charge in [-0.15, -0.1) is 0 Å². The second kappa shape index (κ2) is 12.7. The zero-order valence-corrected chi connectivity index (χ0v) is 29.8. The minimum Gasteiger partial charge on any atom is -0.455 e. The van der Waals surface area contributed by atoms with Gasteiger partial charge in [-0.3, -0.25) is 0 Å². The van der Waals surface area contributed by atoms with Crippen molar-refractivity contribution in [3.8, 4) is 11.5 Å². The maximum Gasteiger partial charge on any atom is 0.514 e. The van der Waals surface area contributed by atoms with Crippen LogP contribution in [0.4, 0.5) is 4.79 Å². The summed E-state index contributed by atoms with van der Waals surface area (Å²) in [6.07, 6.45) is 19.1. The SMILES string of the molecule is O=C(OC(CC1CC1)Oc1ccc2c(c1)[C@@]13CCCC[C@H]1[C@@H](C2)NCC3)OC(CC1CC1)Oc1ccc2c(c1)[C@@]13CCCC[C@H]1[C@@H](C2)NCC3. The number of hydrogen-bond acceptors (Lipinski definition) is 7. The maximum absolute atomic E-state index is 13.6.